The zero-order chi connectivity index (χ0) is 9.84. The van der Waals surface area contributed by atoms with Crippen molar-refractivity contribution in [1.82, 2.24) is 9.78 Å². The molecule has 70 valence electrons. The third-order valence-corrected chi connectivity index (χ3v) is 2.36. The summed E-state index contributed by atoms with van der Waals surface area (Å²) in [5.74, 6) is 0.431. The van der Waals surface area contributed by atoms with Gasteiger partial charge in [-0.3, -0.25) is 4.68 Å². The van der Waals surface area contributed by atoms with Crippen LogP contribution in [0.4, 0.5) is 0 Å². The summed E-state index contributed by atoms with van der Waals surface area (Å²) in [4.78, 5) is 0. The molecule has 1 aromatic heterocycles. The molecule has 1 heterocycles. The summed E-state index contributed by atoms with van der Waals surface area (Å²) in [7, 11) is 5.36. The molecule has 2 radical (unpaired) electrons. The van der Waals surface area contributed by atoms with E-state index in [0.717, 1.165) is 18.5 Å². The van der Waals surface area contributed by atoms with Crippen LogP contribution >= 0.6 is 0 Å². The molecule has 4 heteroatoms. The van der Waals surface area contributed by atoms with Crippen LogP contribution in [0.2, 0.25) is 0 Å². The molecule has 0 aliphatic heterocycles. The maximum absolute atomic E-state index is 9.21. The number of hydrogen-bond acceptors (Lipinski definition) is 2. The minimum atomic E-state index is -1.02. The lowest BCUT2D eigenvalue weighted by molar-refractivity contribution is 0.168. The van der Waals surface area contributed by atoms with Gasteiger partial charge in [0.15, 0.2) is 0 Å². The van der Waals surface area contributed by atoms with E-state index in [1.165, 1.54) is 4.68 Å². The normalized spacial score (nSPS) is 13.5. The fraction of sp³-hybridized carbons (Fsp3) is 0.667. The third kappa shape index (κ3) is 2.12. The topological polar surface area (TPSA) is 38.0 Å². The fourth-order valence-corrected chi connectivity index (χ4v) is 1.58. The number of aromatic nitrogens is 2. The van der Waals surface area contributed by atoms with Crippen LogP contribution in [0.25, 0.3) is 0 Å². The van der Waals surface area contributed by atoms with Gasteiger partial charge in [0.2, 0.25) is 0 Å². The minimum absolute atomic E-state index is 0.431. The fourth-order valence-electron chi connectivity index (χ4n) is 1.58. The molecule has 1 N–H and O–H groups in total. The second-order valence-corrected chi connectivity index (χ2v) is 3.13. The van der Waals surface area contributed by atoms with Gasteiger partial charge in [0, 0.05) is 17.8 Å². The Kier molecular flexibility index (Phi) is 3.54. The highest BCUT2D eigenvalue weighted by molar-refractivity contribution is 6.09. The summed E-state index contributed by atoms with van der Waals surface area (Å²) < 4.78 is 1.47. The highest BCUT2D eigenvalue weighted by Gasteiger charge is 2.14. The van der Waals surface area contributed by atoms with E-state index >= 15 is 0 Å². The van der Waals surface area contributed by atoms with Crippen LogP contribution in [-0.2, 0) is 0 Å². The van der Waals surface area contributed by atoms with Crippen molar-refractivity contribution in [2.45, 2.75) is 38.7 Å². The Bertz CT molecular complexity index is 256. The zero-order valence-corrected chi connectivity index (χ0v) is 8.14. The van der Waals surface area contributed by atoms with Crippen LogP contribution in [0, 0.1) is 0 Å². The molecule has 0 saturated heterocycles. The van der Waals surface area contributed by atoms with Crippen LogP contribution in [0.1, 0.15) is 44.4 Å². The monoisotopic (exact) mass is 178 g/mol. The second kappa shape index (κ2) is 4.47. The summed E-state index contributed by atoms with van der Waals surface area (Å²) >= 11 is 0. The van der Waals surface area contributed by atoms with Crippen molar-refractivity contribution < 1.29 is 5.11 Å². The number of aliphatic hydroxyl groups is 1. The van der Waals surface area contributed by atoms with Gasteiger partial charge in [-0.2, -0.15) is 5.10 Å². The van der Waals surface area contributed by atoms with Gasteiger partial charge in [-0.25, -0.2) is 0 Å². The van der Waals surface area contributed by atoms with E-state index < -0.39 is 6.13 Å². The van der Waals surface area contributed by atoms with Crippen molar-refractivity contribution in [1.29, 1.82) is 0 Å². The van der Waals surface area contributed by atoms with Crippen molar-refractivity contribution >= 4 is 7.85 Å². The predicted molar refractivity (Wildman–Crippen MR) is 52.6 cm³/mol. The average Bonchev–Trinajstić information content (AvgIpc) is 2.55. The Morgan fingerprint density at radius 3 is 2.62 bits per heavy atom. The van der Waals surface area contributed by atoms with E-state index in [1.807, 2.05) is 6.07 Å². The maximum Gasteiger partial charge on any atom is 0.141 e. The van der Waals surface area contributed by atoms with E-state index in [9.17, 15) is 5.11 Å². The van der Waals surface area contributed by atoms with E-state index in [1.54, 1.807) is 6.20 Å². The molecular weight excluding hydrogens is 163 g/mol. The first-order valence-electron chi connectivity index (χ1n) is 4.67. The van der Waals surface area contributed by atoms with Crippen molar-refractivity contribution in [3.05, 3.63) is 18.0 Å². The molecule has 1 rings (SSSR count). The Balaban J connectivity index is 2.91. The lowest BCUT2D eigenvalue weighted by Crippen LogP contribution is -2.15. The van der Waals surface area contributed by atoms with Gasteiger partial charge in [0.05, 0.1) is 0 Å². The number of aliphatic hydroxyl groups excluding tert-OH is 1. The molecular formula is C9H15BN2O. The summed E-state index contributed by atoms with van der Waals surface area (Å²) in [6.45, 7) is 4.24. The maximum atomic E-state index is 9.21. The molecule has 3 nitrogen and oxygen atoms in total. The SMILES string of the molecule is [B]C(O)n1nccc1C(CC)CC. The number of hydrogen-bond donors (Lipinski definition) is 1. The Hall–Kier alpha value is -0.765. The quantitative estimate of drug-likeness (QED) is 0.707. The average molecular weight is 178 g/mol. The van der Waals surface area contributed by atoms with Gasteiger partial charge < -0.3 is 5.11 Å². The molecule has 0 spiro atoms. The highest BCUT2D eigenvalue weighted by Crippen LogP contribution is 2.23. The van der Waals surface area contributed by atoms with Gasteiger partial charge in [-0.05, 0) is 18.9 Å². The first kappa shape index (κ1) is 10.3. The lowest BCUT2D eigenvalue weighted by atomic mass is 9.98. The molecule has 0 aliphatic carbocycles. The lowest BCUT2D eigenvalue weighted by Gasteiger charge is -2.16. The largest absolute Gasteiger partial charge is 0.381 e. The van der Waals surface area contributed by atoms with Crippen LogP contribution in [-0.4, -0.2) is 22.7 Å². The molecule has 1 unspecified atom stereocenters. The zero-order valence-electron chi connectivity index (χ0n) is 8.14. The molecule has 1 aromatic rings. The second-order valence-electron chi connectivity index (χ2n) is 3.13. The van der Waals surface area contributed by atoms with Crippen molar-refractivity contribution in [2.75, 3.05) is 0 Å². The Morgan fingerprint density at radius 1 is 1.54 bits per heavy atom. The summed E-state index contributed by atoms with van der Waals surface area (Å²) in [5.41, 5.74) is 1.01. The Morgan fingerprint density at radius 2 is 2.15 bits per heavy atom. The number of nitrogens with zero attached hydrogens (tertiary/aromatic N) is 2. The molecule has 0 amide bonds. The van der Waals surface area contributed by atoms with Gasteiger partial charge in [0.25, 0.3) is 0 Å². The Labute approximate surface area is 80.2 Å². The molecule has 0 aromatic carbocycles. The summed E-state index contributed by atoms with van der Waals surface area (Å²) in [6, 6.07) is 1.91. The van der Waals surface area contributed by atoms with Gasteiger partial charge in [-0.1, -0.05) is 13.8 Å². The smallest absolute Gasteiger partial charge is 0.141 e. The first-order valence-corrected chi connectivity index (χ1v) is 4.67. The minimum Gasteiger partial charge on any atom is -0.381 e. The number of rotatable bonds is 4. The van der Waals surface area contributed by atoms with Crippen molar-refractivity contribution in [3.8, 4) is 0 Å². The molecule has 1 atom stereocenters. The van der Waals surface area contributed by atoms with E-state index in [0.29, 0.717) is 5.92 Å². The van der Waals surface area contributed by atoms with Gasteiger partial charge in [0.1, 0.15) is 14.0 Å². The summed E-state index contributed by atoms with van der Waals surface area (Å²) in [5, 5.41) is 13.2. The molecule has 13 heavy (non-hydrogen) atoms. The summed E-state index contributed by atoms with van der Waals surface area (Å²) in [6.07, 6.45) is 2.72. The van der Waals surface area contributed by atoms with Gasteiger partial charge >= 0.3 is 0 Å². The van der Waals surface area contributed by atoms with E-state index in [4.69, 9.17) is 7.85 Å². The van der Waals surface area contributed by atoms with E-state index in [2.05, 4.69) is 18.9 Å². The van der Waals surface area contributed by atoms with Crippen molar-refractivity contribution in [3.63, 3.8) is 0 Å². The molecule has 0 bridgehead atoms. The molecule has 0 fully saturated rings. The van der Waals surface area contributed by atoms with Crippen LogP contribution in [0.5, 0.6) is 0 Å². The first-order chi connectivity index (χ1) is 6.20. The van der Waals surface area contributed by atoms with E-state index in [-0.39, 0.29) is 0 Å². The molecule has 0 saturated carbocycles. The van der Waals surface area contributed by atoms with Crippen LogP contribution in [0.3, 0.4) is 0 Å². The van der Waals surface area contributed by atoms with Crippen LogP contribution < -0.4 is 0 Å². The van der Waals surface area contributed by atoms with Crippen molar-refractivity contribution in [2.24, 2.45) is 0 Å². The van der Waals surface area contributed by atoms with Crippen LogP contribution in [0.15, 0.2) is 12.3 Å². The standard InChI is InChI=1S/C9H15BN2O/c1-3-7(4-2)8-5-6-11-12(8)9(10)13/h5-7,9,13H,3-4H2,1-2H3. The molecule has 0 aliphatic rings. The predicted octanol–water partition coefficient (Wildman–Crippen LogP) is 1.40. The third-order valence-electron chi connectivity index (χ3n) is 2.36. The van der Waals surface area contributed by atoms with Gasteiger partial charge in [-0.15, -0.1) is 0 Å². The highest BCUT2D eigenvalue weighted by atomic mass is 16.3.